The fourth-order valence-electron chi connectivity index (χ4n) is 3.28. The van der Waals surface area contributed by atoms with E-state index in [1.54, 1.807) is 0 Å². The molecule has 154 valence electrons. The predicted octanol–water partition coefficient (Wildman–Crippen LogP) is 2.89. The highest BCUT2D eigenvalue weighted by molar-refractivity contribution is 5.94. The van der Waals surface area contributed by atoms with Gasteiger partial charge in [0.1, 0.15) is 0 Å². The van der Waals surface area contributed by atoms with E-state index < -0.39 is 4.92 Å². The van der Waals surface area contributed by atoms with E-state index in [-0.39, 0.29) is 17.6 Å². The molecule has 0 aromatic heterocycles. The van der Waals surface area contributed by atoms with Crippen molar-refractivity contribution in [2.24, 2.45) is 0 Å². The maximum atomic E-state index is 12.6. The Labute approximate surface area is 170 Å². The van der Waals surface area contributed by atoms with Crippen LogP contribution in [0.15, 0.2) is 48.5 Å². The maximum Gasteiger partial charge on any atom is 0.269 e. The van der Waals surface area contributed by atoms with Gasteiger partial charge in [-0.3, -0.25) is 19.8 Å². The van der Waals surface area contributed by atoms with Crippen LogP contribution in [0.2, 0.25) is 0 Å². The van der Waals surface area contributed by atoms with Crippen molar-refractivity contribution in [1.29, 1.82) is 0 Å². The second-order valence-corrected chi connectivity index (χ2v) is 7.11. The summed E-state index contributed by atoms with van der Waals surface area (Å²) in [5.41, 5.74) is 2.86. The lowest BCUT2D eigenvalue weighted by Gasteiger charge is -2.32. The first-order chi connectivity index (χ1) is 14.0. The lowest BCUT2D eigenvalue weighted by atomic mass is 10.1. The van der Waals surface area contributed by atoms with Crippen LogP contribution in [-0.2, 0) is 16.1 Å². The standard InChI is InChI=1S/C21H26N4O4/c1-16(21(26)22-18-7-9-19(10-8-18)25(27)28)23(2)15-17-5-3-4-6-20(17)24-11-13-29-14-12-24/h3-10,16H,11-15H2,1-2H3,(H,22,26)/t16-/m0/s1. The SMILES string of the molecule is C[C@@H](C(=O)Nc1ccc([N+](=O)[O-])cc1)N(C)Cc1ccccc1N1CCOCC1. The van der Waals surface area contributed by atoms with Gasteiger partial charge in [0.15, 0.2) is 0 Å². The number of benzene rings is 2. The zero-order chi connectivity index (χ0) is 20.8. The molecule has 1 aliphatic rings. The number of likely N-dealkylation sites (N-methyl/N-ethyl adjacent to an activating group) is 1. The number of nitrogens with one attached hydrogen (secondary N) is 1. The summed E-state index contributed by atoms with van der Waals surface area (Å²) in [5.74, 6) is -0.162. The molecular formula is C21H26N4O4. The summed E-state index contributed by atoms with van der Waals surface area (Å²) in [7, 11) is 1.91. The van der Waals surface area contributed by atoms with E-state index in [1.807, 2.05) is 31.0 Å². The normalized spacial score (nSPS) is 15.2. The number of non-ortho nitro benzene ring substituents is 1. The fraction of sp³-hybridized carbons (Fsp3) is 0.381. The number of carbonyl (C=O) groups excluding carboxylic acids is 1. The van der Waals surface area contributed by atoms with E-state index in [0.717, 1.165) is 31.9 Å². The summed E-state index contributed by atoms with van der Waals surface area (Å²) in [6.07, 6.45) is 0. The van der Waals surface area contributed by atoms with Gasteiger partial charge in [0.05, 0.1) is 24.2 Å². The van der Waals surface area contributed by atoms with E-state index in [9.17, 15) is 14.9 Å². The van der Waals surface area contributed by atoms with E-state index in [0.29, 0.717) is 12.2 Å². The zero-order valence-electron chi connectivity index (χ0n) is 16.7. The van der Waals surface area contributed by atoms with Crippen LogP contribution < -0.4 is 10.2 Å². The minimum atomic E-state index is -0.464. The Hall–Kier alpha value is -2.97. The number of nitrogens with zero attached hydrogens (tertiary/aromatic N) is 3. The average molecular weight is 398 g/mol. The first kappa shape index (κ1) is 20.8. The highest BCUT2D eigenvalue weighted by Gasteiger charge is 2.21. The van der Waals surface area contributed by atoms with Gasteiger partial charge in [-0.25, -0.2) is 0 Å². The second-order valence-electron chi connectivity index (χ2n) is 7.11. The number of rotatable bonds is 7. The molecule has 1 N–H and O–H groups in total. The number of para-hydroxylation sites is 1. The monoisotopic (exact) mass is 398 g/mol. The van der Waals surface area contributed by atoms with Crippen molar-refractivity contribution >= 4 is 23.0 Å². The predicted molar refractivity (Wildman–Crippen MR) is 112 cm³/mol. The molecule has 8 heteroatoms. The van der Waals surface area contributed by atoms with Crippen molar-refractivity contribution < 1.29 is 14.5 Å². The Morgan fingerprint density at radius 2 is 1.86 bits per heavy atom. The van der Waals surface area contributed by atoms with Gasteiger partial charge in [-0.05, 0) is 37.7 Å². The highest BCUT2D eigenvalue weighted by Crippen LogP contribution is 2.23. The summed E-state index contributed by atoms with van der Waals surface area (Å²) >= 11 is 0. The van der Waals surface area contributed by atoms with Gasteiger partial charge in [-0.15, -0.1) is 0 Å². The molecule has 1 amide bonds. The zero-order valence-corrected chi connectivity index (χ0v) is 16.7. The third-order valence-corrected chi connectivity index (χ3v) is 5.15. The third kappa shape index (κ3) is 5.30. The summed E-state index contributed by atoms with van der Waals surface area (Å²) < 4.78 is 5.45. The molecule has 29 heavy (non-hydrogen) atoms. The van der Waals surface area contributed by atoms with Gasteiger partial charge in [0.25, 0.3) is 5.69 Å². The van der Waals surface area contributed by atoms with Crippen LogP contribution in [0.25, 0.3) is 0 Å². The molecule has 1 saturated heterocycles. The molecule has 8 nitrogen and oxygen atoms in total. The number of anilines is 2. The van der Waals surface area contributed by atoms with Crippen LogP contribution in [-0.4, -0.2) is 55.1 Å². The Balaban J connectivity index is 1.63. The second kappa shape index (κ2) is 9.49. The Bertz CT molecular complexity index is 850. The van der Waals surface area contributed by atoms with Gasteiger partial charge in [0, 0.05) is 43.1 Å². The molecule has 0 bridgehead atoms. The van der Waals surface area contributed by atoms with E-state index >= 15 is 0 Å². The molecule has 0 radical (unpaired) electrons. The van der Waals surface area contributed by atoms with Crippen LogP contribution in [0.4, 0.5) is 17.1 Å². The van der Waals surface area contributed by atoms with Crippen molar-refractivity contribution in [3.63, 3.8) is 0 Å². The molecule has 0 saturated carbocycles. The molecule has 0 unspecified atom stereocenters. The van der Waals surface area contributed by atoms with Crippen LogP contribution in [0.1, 0.15) is 12.5 Å². The lowest BCUT2D eigenvalue weighted by molar-refractivity contribution is -0.384. The van der Waals surface area contributed by atoms with E-state index in [4.69, 9.17) is 4.74 Å². The fourth-order valence-corrected chi connectivity index (χ4v) is 3.28. The smallest absolute Gasteiger partial charge is 0.269 e. The van der Waals surface area contributed by atoms with Gasteiger partial charge in [0.2, 0.25) is 5.91 Å². The quantitative estimate of drug-likeness (QED) is 0.570. The average Bonchev–Trinajstić information content (AvgIpc) is 2.74. The van der Waals surface area contributed by atoms with Crippen molar-refractivity contribution in [3.8, 4) is 0 Å². The number of nitro groups is 1. The minimum absolute atomic E-state index is 0.00659. The van der Waals surface area contributed by atoms with Crippen LogP contribution >= 0.6 is 0 Å². The molecule has 0 aliphatic carbocycles. The number of morpholine rings is 1. The molecule has 1 atom stereocenters. The molecular weight excluding hydrogens is 372 g/mol. The first-order valence-electron chi connectivity index (χ1n) is 9.62. The number of hydrogen-bond donors (Lipinski definition) is 1. The third-order valence-electron chi connectivity index (χ3n) is 5.15. The summed E-state index contributed by atoms with van der Waals surface area (Å²) in [6.45, 7) is 5.63. The maximum absolute atomic E-state index is 12.6. The molecule has 1 heterocycles. The topological polar surface area (TPSA) is 87.9 Å². The van der Waals surface area contributed by atoms with Crippen molar-refractivity contribution in [3.05, 3.63) is 64.2 Å². The summed E-state index contributed by atoms with van der Waals surface area (Å²) in [5, 5.41) is 13.6. The van der Waals surface area contributed by atoms with Crippen LogP contribution in [0.3, 0.4) is 0 Å². The molecule has 1 aliphatic heterocycles. The van der Waals surface area contributed by atoms with Gasteiger partial charge < -0.3 is 15.0 Å². The van der Waals surface area contributed by atoms with Gasteiger partial charge in [-0.1, -0.05) is 18.2 Å². The summed E-state index contributed by atoms with van der Waals surface area (Å²) in [6, 6.07) is 13.7. The molecule has 0 spiro atoms. The summed E-state index contributed by atoms with van der Waals surface area (Å²) in [4.78, 5) is 27.2. The highest BCUT2D eigenvalue weighted by atomic mass is 16.6. The Kier molecular flexibility index (Phi) is 6.79. The Morgan fingerprint density at radius 3 is 2.52 bits per heavy atom. The molecule has 1 fully saturated rings. The molecule has 2 aromatic rings. The molecule has 3 rings (SSSR count). The van der Waals surface area contributed by atoms with Crippen molar-refractivity contribution in [2.45, 2.75) is 19.5 Å². The number of carbonyl (C=O) groups is 1. The van der Waals surface area contributed by atoms with E-state index in [2.05, 4.69) is 22.3 Å². The first-order valence-corrected chi connectivity index (χ1v) is 9.62. The van der Waals surface area contributed by atoms with Crippen molar-refractivity contribution in [1.82, 2.24) is 4.90 Å². The molecule has 2 aromatic carbocycles. The largest absolute Gasteiger partial charge is 0.378 e. The number of hydrogen-bond acceptors (Lipinski definition) is 6. The lowest BCUT2D eigenvalue weighted by Crippen LogP contribution is -2.40. The van der Waals surface area contributed by atoms with Gasteiger partial charge >= 0.3 is 0 Å². The van der Waals surface area contributed by atoms with Crippen LogP contribution in [0, 0.1) is 10.1 Å². The minimum Gasteiger partial charge on any atom is -0.378 e. The van der Waals surface area contributed by atoms with Gasteiger partial charge in [-0.2, -0.15) is 0 Å². The Morgan fingerprint density at radius 1 is 1.21 bits per heavy atom. The van der Waals surface area contributed by atoms with Crippen LogP contribution in [0.5, 0.6) is 0 Å². The van der Waals surface area contributed by atoms with E-state index in [1.165, 1.54) is 30.0 Å². The van der Waals surface area contributed by atoms with Crippen molar-refractivity contribution in [2.75, 3.05) is 43.6 Å². The number of nitro benzene ring substituents is 1. The number of amides is 1. The number of ether oxygens (including phenoxy) is 1.